The second kappa shape index (κ2) is 10.3. The van der Waals surface area contributed by atoms with Gasteiger partial charge in [0.25, 0.3) is 0 Å². The van der Waals surface area contributed by atoms with Gasteiger partial charge in [-0.3, -0.25) is 14.5 Å². The standard InChI is InChI=1S/C22H23Cl3N2O2/c23-14-20(28)27(19-12-10-17(25)11-13-19)21(15-6-8-16(24)9-7-15)22(29)26-18-4-2-1-3-5-18/h6-13,18,21H,1-5,14H2,(H,26,29). The zero-order chi connectivity index (χ0) is 20.8. The van der Waals surface area contributed by atoms with Gasteiger partial charge in [-0.05, 0) is 54.8 Å². The normalized spacial score (nSPS) is 15.6. The van der Waals surface area contributed by atoms with Crippen molar-refractivity contribution in [3.8, 4) is 0 Å². The molecule has 0 spiro atoms. The molecule has 29 heavy (non-hydrogen) atoms. The summed E-state index contributed by atoms with van der Waals surface area (Å²) in [4.78, 5) is 27.7. The Balaban J connectivity index is 2.00. The Morgan fingerprint density at radius 1 is 0.931 bits per heavy atom. The third-order valence-electron chi connectivity index (χ3n) is 5.13. The van der Waals surface area contributed by atoms with E-state index in [4.69, 9.17) is 34.8 Å². The summed E-state index contributed by atoms with van der Waals surface area (Å²) in [6, 6.07) is 13.0. The van der Waals surface area contributed by atoms with Gasteiger partial charge < -0.3 is 5.32 Å². The topological polar surface area (TPSA) is 49.4 Å². The molecule has 1 saturated carbocycles. The number of halogens is 3. The maximum atomic E-state index is 13.4. The Morgan fingerprint density at radius 2 is 1.48 bits per heavy atom. The zero-order valence-corrected chi connectivity index (χ0v) is 18.2. The summed E-state index contributed by atoms with van der Waals surface area (Å²) in [7, 11) is 0. The molecule has 2 amide bonds. The maximum absolute atomic E-state index is 13.4. The Bertz CT molecular complexity index is 834. The van der Waals surface area contributed by atoms with Crippen molar-refractivity contribution < 1.29 is 9.59 Å². The van der Waals surface area contributed by atoms with Gasteiger partial charge in [-0.25, -0.2) is 0 Å². The van der Waals surface area contributed by atoms with Crippen LogP contribution in [0.15, 0.2) is 48.5 Å². The van der Waals surface area contributed by atoms with Crippen LogP contribution in [0, 0.1) is 0 Å². The lowest BCUT2D eigenvalue weighted by molar-refractivity contribution is -0.126. The molecule has 154 valence electrons. The number of rotatable bonds is 6. The van der Waals surface area contributed by atoms with Gasteiger partial charge in [-0.15, -0.1) is 11.6 Å². The minimum Gasteiger partial charge on any atom is -0.351 e. The van der Waals surface area contributed by atoms with Crippen molar-refractivity contribution in [1.29, 1.82) is 0 Å². The molecule has 0 radical (unpaired) electrons. The van der Waals surface area contributed by atoms with Crippen LogP contribution in [-0.4, -0.2) is 23.7 Å². The molecule has 1 atom stereocenters. The smallest absolute Gasteiger partial charge is 0.248 e. The molecule has 3 rings (SSSR count). The number of benzene rings is 2. The van der Waals surface area contributed by atoms with E-state index in [0.717, 1.165) is 25.7 Å². The number of hydrogen-bond donors (Lipinski definition) is 1. The minimum absolute atomic E-state index is 0.115. The van der Waals surface area contributed by atoms with Crippen LogP contribution in [0.2, 0.25) is 10.0 Å². The predicted molar refractivity (Wildman–Crippen MR) is 119 cm³/mol. The largest absolute Gasteiger partial charge is 0.351 e. The van der Waals surface area contributed by atoms with E-state index in [2.05, 4.69) is 5.32 Å². The molecule has 1 unspecified atom stereocenters. The van der Waals surface area contributed by atoms with Gasteiger partial charge in [0.2, 0.25) is 11.8 Å². The van der Waals surface area contributed by atoms with E-state index >= 15 is 0 Å². The molecule has 4 nitrogen and oxygen atoms in total. The van der Waals surface area contributed by atoms with E-state index < -0.39 is 6.04 Å². The number of nitrogens with one attached hydrogen (secondary N) is 1. The Morgan fingerprint density at radius 3 is 2.03 bits per heavy atom. The molecule has 0 saturated heterocycles. The predicted octanol–water partition coefficient (Wildman–Crippen LogP) is 5.76. The van der Waals surface area contributed by atoms with Crippen molar-refractivity contribution >= 4 is 52.3 Å². The van der Waals surface area contributed by atoms with Crippen molar-refractivity contribution in [1.82, 2.24) is 5.32 Å². The van der Waals surface area contributed by atoms with Gasteiger partial charge in [0, 0.05) is 21.8 Å². The van der Waals surface area contributed by atoms with Crippen molar-refractivity contribution in [3.05, 3.63) is 64.1 Å². The van der Waals surface area contributed by atoms with Crippen molar-refractivity contribution in [2.75, 3.05) is 10.8 Å². The molecule has 2 aromatic carbocycles. The van der Waals surface area contributed by atoms with E-state index in [1.807, 2.05) is 0 Å². The first-order valence-corrected chi connectivity index (χ1v) is 11.0. The van der Waals surface area contributed by atoms with Crippen LogP contribution in [0.4, 0.5) is 5.69 Å². The van der Waals surface area contributed by atoms with Crippen LogP contribution < -0.4 is 10.2 Å². The van der Waals surface area contributed by atoms with Gasteiger partial charge in [0.15, 0.2) is 0 Å². The Kier molecular flexibility index (Phi) is 7.82. The van der Waals surface area contributed by atoms with Gasteiger partial charge in [0.1, 0.15) is 11.9 Å². The van der Waals surface area contributed by atoms with Crippen LogP contribution in [0.3, 0.4) is 0 Å². The molecule has 1 aliphatic rings. The van der Waals surface area contributed by atoms with Crippen LogP contribution in [0.25, 0.3) is 0 Å². The molecule has 7 heteroatoms. The lowest BCUT2D eigenvalue weighted by atomic mass is 9.94. The number of alkyl halides is 1. The number of anilines is 1. The average molecular weight is 454 g/mol. The first kappa shape index (κ1) is 21.9. The Labute approximate surface area is 186 Å². The fourth-order valence-electron chi connectivity index (χ4n) is 3.69. The van der Waals surface area contributed by atoms with Gasteiger partial charge in [0.05, 0.1) is 0 Å². The molecule has 0 bridgehead atoms. The van der Waals surface area contributed by atoms with E-state index in [0.29, 0.717) is 21.3 Å². The first-order chi connectivity index (χ1) is 14.0. The SMILES string of the molecule is O=C(NC1CCCCC1)C(c1ccc(Cl)cc1)N(C(=O)CCl)c1ccc(Cl)cc1. The average Bonchev–Trinajstić information content (AvgIpc) is 2.74. The highest BCUT2D eigenvalue weighted by atomic mass is 35.5. The molecule has 2 aromatic rings. The summed E-state index contributed by atoms with van der Waals surface area (Å²) >= 11 is 18.0. The molecule has 0 aromatic heterocycles. The van der Waals surface area contributed by atoms with E-state index in [9.17, 15) is 9.59 Å². The van der Waals surface area contributed by atoms with Crippen LogP contribution in [-0.2, 0) is 9.59 Å². The van der Waals surface area contributed by atoms with Crippen molar-refractivity contribution in [3.63, 3.8) is 0 Å². The molecule has 0 aliphatic heterocycles. The third kappa shape index (κ3) is 5.65. The van der Waals surface area contributed by atoms with Gasteiger partial charge in [-0.1, -0.05) is 54.6 Å². The summed E-state index contributed by atoms with van der Waals surface area (Å²) in [5.41, 5.74) is 1.22. The number of carbonyl (C=O) groups is 2. The number of hydrogen-bond acceptors (Lipinski definition) is 2. The van der Waals surface area contributed by atoms with Crippen LogP contribution in [0.1, 0.15) is 43.7 Å². The van der Waals surface area contributed by atoms with E-state index in [1.54, 1.807) is 48.5 Å². The highest BCUT2D eigenvalue weighted by Crippen LogP contribution is 2.31. The minimum atomic E-state index is -0.860. The lowest BCUT2D eigenvalue weighted by Crippen LogP contribution is -2.47. The molecule has 1 fully saturated rings. The van der Waals surface area contributed by atoms with E-state index in [1.165, 1.54) is 11.3 Å². The fraction of sp³-hybridized carbons (Fsp3) is 0.364. The molecule has 1 N–H and O–H groups in total. The first-order valence-electron chi connectivity index (χ1n) is 9.69. The highest BCUT2D eigenvalue weighted by Gasteiger charge is 2.33. The van der Waals surface area contributed by atoms with Crippen molar-refractivity contribution in [2.45, 2.75) is 44.2 Å². The zero-order valence-electron chi connectivity index (χ0n) is 15.9. The van der Waals surface area contributed by atoms with Crippen molar-refractivity contribution in [2.24, 2.45) is 0 Å². The molecule has 1 aliphatic carbocycles. The van der Waals surface area contributed by atoms with Crippen LogP contribution >= 0.6 is 34.8 Å². The summed E-state index contributed by atoms with van der Waals surface area (Å²) in [6.45, 7) is 0. The van der Waals surface area contributed by atoms with E-state index in [-0.39, 0.29) is 23.7 Å². The number of nitrogens with zero attached hydrogens (tertiary/aromatic N) is 1. The summed E-state index contributed by atoms with van der Waals surface area (Å²) in [6.07, 6.45) is 5.28. The third-order valence-corrected chi connectivity index (χ3v) is 5.86. The molecular weight excluding hydrogens is 431 g/mol. The monoisotopic (exact) mass is 452 g/mol. The number of amides is 2. The summed E-state index contributed by atoms with van der Waals surface area (Å²) < 4.78 is 0. The highest BCUT2D eigenvalue weighted by molar-refractivity contribution is 6.31. The maximum Gasteiger partial charge on any atom is 0.248 e. The number of carbonyl (C=O) groups excluding carboxylic acids is 2. The lowest BCUT2D eigenvalue weighted by Gasteiger charge is -2.33. The Hall–Kier alpha value is -1.75. The fourth-order valence-corrected chi connectivity index (χ4v) is 4.07. The molecular formula is C22H23Cl3N2O2. The summed E-state index contributed by atoms with van der Waals surface area (Å²) in [5, 5.41) is 4.24. The van der Waals surface area contributed by atoms with Crippen LogP contribution in [0.5, 0.6) is 0 Å². The van der Waals surface area contributed by atoms with Gasteiger partial charge >= 0.3 is 0 Å². The summed E-state index contributed by atoms with van der Waals surface area (Å²) in [5.74, 6) is -0.843. The second-order valence-corrected chi connectivity index (χ2v) is 8.31. The molecule has 0 heterocycles. The van der Waals surface area contributed by atoms with Gasteiger partial charge in [-0.2, -0.15) is 0 Å². The quantitative estimate of drug-likeness (QED) is 0.566. The second-order valence-electron chi connectivity index (χ2n) is 7.17.